The van der Waals surface area contributed by atoms with Gasteiger partial charge in [-0.3, -0.25) is 13.9 Å². The standard InChI is InChI=1S/C34H35Cl2N3O5S/c1-3-21-37-34(41)31(22-25-13-6-4-7-14-25)38(23-27-28(35)17-12-18-29(27)36)33(40)24-39(30-19-10-11-20-32(30)44-2)45(42,43)26-15-8-5-9-16-26/h4-20,31H,3,21-24H2,1-2H3,(H,37,41)/t31-/m1/s1. The van der Waals surface area contributed by atoms with Crippen LogP contribution in [-0.4, -0.2) is 51.4 Å². The number of methoxy groups -OCH3 is 1. The Balaban J connectivity index is 1.85. The lowest BCUT2D eigenvalue weighted by molar-refractivity contribution is -0.140. The number of rotatable bonds is 14. The second-order valence-corrected chi connectivity index (χ2v) is 12.9. The maximum Gasteiger partial charge on any atom is 0.264 e. The van der Waals surface area contributed by atoms with Crippen LogP contribution in [-0.2, 0) is 32.6 Å². The highest BCUT2D eigenvalue weighted by Gasteiger charge is 2.36. The second-order valence-electron chi connectivity index (χ2n) is 10.2. The second kappa shape index (κ2) is 15.8. The zero-order chi connectivity index (χ0) is 32.4. The third-order valence-corrected chi connectivity index (χ3v) is 9.66. The van der Waals surface area contributed by atoms with Gasteiger partial charge in [-0.15, -0.1) is 0 Å². The van der Waals surface area contributed by atoms with Gasteiger partial charge in [0.05, 0.1) is 17.7 Å². The number of anilines is 1. The third-order valence-electron chi connectivity index (χ3n) is 7.17. The Morgan fingerprint density at radius 2 is 1.44 bits per heavy atom. The number of halogens is 2. The van der Waals surface area contributed by atoms with Crippen molar-refractivity contribution in [3.05, 3.63) is 124 Å². The van der Waals surface area contributed by atoms with E-state index in [1.165, 1.54) is 24.1 Å². The number of para-hydroxylation sites is 2. The van der Waals surface area contributed by atoms with Crippen LogP contribution in [0.25, 0.3) is 0 Å². The van der Waals surface area contributed by atoms with Crippen LogP contribution in [0.3, 0.4) is 0 Å². The first kappa shape index (κ1) is 33.8. The van der Waals surface area contributed by atoms with Crippen molar-refractivity contribution in [2.24, 2.45) is 0 Å². The van der Waals surface area contributed by atoms with Crippen molar-refractivity contribution in [2.45, 2.75) is 37.2 Å². The van der Waals surface area contributed by atoms with E-state index < -0.39 is 28.5 Å². The molecule has 0 spiro atoms. The lowest BCUT2D eigenvalue weighted by atomic mass is 10.0. The van der Waals surface area contributed by atoms with Gasteiger partial charge >= 0.3 is 0 Å². The van der Waals surface area contributed by atoms with Crippen molar-refractivity contribution in [2.75, 3.05) is 24.5 Å². The molecular formula is C34H35Cl2N3O5S. The van der Waals surface area contributed by atoms with E-state index in [0.29, 0.717) is 28.6 Å². The summed E-state index contributed by atoms with van der Waals surface area (Å²) >= 11 is 13.1. The van der Waals surface area contributed by atoms with E-state index in [0.717, 1.165) is 9.87 Å². The number of hydrogen-bond acceptors (Lipinski definition) is 5. The quantitative estimate of drug-likeness (QED) is 0.169. The highest BCUT2D eigenvalue weighted by Crippen LogP contribution is 2.33. The minimum atomic E-state index is -4.27. The molecule has 1 N–H and O–H groups in total. The lowest BCUT2D eigenvalue weighted by Gasteiger charge is -2.34. The fourth-order valence-electron chi connectivity index (χ4n) is 4.84. The van der Waals surface area contributed by atoms with Crippen LogP contribution in [0, 0.1) is 0 Å². The van der Waals surface area contributed by atoms with E-state index in [-0.39, 0.29) is 35.2 Å². The Hall–Kier alpha value is -4.05. The van der Waals surface area contributed by atoms with Gasteiger partial charge in [-0.25, -0.2) is 8.42 Å². The van der Waals surface area contributed by atoms with Gasteiger partial charge in [0.25, 0.3) is 10.0 Å². The molecule has 0 aliphatic carbocycles. The van der Waals surface area contributed by atoms with E-state index in [1.807, 2.05) is 37.3 Å². The number of nitrogens with zero attached hydrogens (tertiary/aromatic N) is 2. The van der Waals surface area contributed by atoms with Crippen LogP contribution in [0.4, 0.5) is 5.69 Å². The van der Waals surface area contributed by atoms with Crippen LogP contribution in [0.1, 0.15) is 24.5 Å². The molecule has 236 valence electrons. The summed E-state index contributed by atoms with van der Waals surface area (Å²) in [5.74, 6) is -0.761. The first-order valence-corrected chi connectivity index (χ1v) is 16.6. The minimum absolute atomic E-state index is 0.00840. The van der Waals surface area contributed by atoms with E-state index in [1.54, 1.807) is 60.7 Å². The topological polar surface area (TPSA) is 96.0 Å². The van der Waals surface area contributed by atoms with Crippen molar-refractivity contribution >= 4 is 50.7 Å². The maximum atomic E-state index is 14.6. The van der Waals surface area contributed by atoms with E-state index in [4.69, 9.17) is 27.9 Å². The van der Waals surface area contributed by atoms with Gasteiger partial charge in [0, 0.05) is 35.1 Å². The van der Waals surface area contributed by atoms with Crippen molar-refractivity contribution in [1.29, 1.82) is 0 Å². The van der Waals surface area contributed by atoms with Gasteiger partial charge < -0.3 is 15.0 Å². The summed E-state index contributed by atoms with van der Waals surface area (Å²) in [7, 11) is -2.85. The molecule has 0 aliphatic heterocycles. The zero-order valence-corrected chi connectivity index (χ0v) is 27.4. The molecule has 4 aromatic rings. The molecule has 0 unspecified atom stereocenters. The average Bonchev–Trinajstić information content (AvgIpc) is 3.06. The SMILES string of the molecule is CCCNC(=O)[C@@H](Cc1ccccc1)N(Cc1c(Cl)cccc1Cl)C(=O)CN(c1ccccc1OC)S(=O)(=O)c1ccccc1. The molecule has 11 heteroatoms. The number of carbonyl (C=O) groups excluding carboxylic acids is 2. The summed E-state index contributed by atoms with van der Waals surface area (Å²) in [6.45, 7) is 1.55. The molecule has 45 heavy (non-hydrogen) atoms. The van der Waals surface area contributed by atoms with Crippen molar-refractivity contribution in [1.82, 2.24) is 10.2 Å². The van der Waals surface area contributed by atoms with Gasteiger partial charge in [-0.1, -0.05) is 96.9 Å². The zero-order valence-electron chi connectivity index (χ0n) is 25.0. The highest BCUT2D eigenvalue weighted by molar-refractivity contribution is 7.92. The number of sulfonamides is 1. The first-order valence-electron chi connectivity index (χ1n) is 14.4. The van der Waals surface area contributed by atoms with Crippen LogP contribution < -0.4 is 14.4 Å². The van der Waals surface area contributed by atoms with Crippen molar-refractivity contribution in [3.8, 4) is 5.75 Å². The Kier molecular flexibility index (Phi) is 11.9. The Labute approximate surface area is 274 Å². The van der Waals surface area contributed by atoms with E-state index in [9.17, 15) is 18.0 Å². The van der Waals surface area contributed by atoms with Crippen LogP contribution in [0.5, 0.6) is 5.75 Å². The van der Waals surface area contributed by atoms with Gasteiger partial charge in [-0.2, -0.15) is 0 Å². The molecule has 8 nitrogen and oxygen atoms in total. The Morgan fingerprint density at radius 3 is 2.07 bits per heavy atom. The van der Waals surface area contributed by atoms with Gasteiger partial charge in [0.1, 0.15) is 18.3 Å². The predicted molar refractivity (Wildman–Crippen MR) is 178 cm³/mol. The number of amides is 2. The summed E-state index contributed by atoms with van der Waals surface area (Å²) < 4.78 is 34.8. The number of carbonyl (C=O) groups is 2. The molecular weight excluding hydrogens is 633 g/mol. The molecule has 0 heterocycles. The third kappa shape index (κ3) is 8.36. The number of hydrogen-bond donors (Lipinski definition) is 1. The summed E-state index contributed by atoms with van der Waals surface area (Å²) in [6, 6.07) is 27.6. The molecule has 0 fully saturated rings. The van der Waals surface area contributed by atoms with Crippen LogP contribution in [0.15, 0.2) is 108 Å². The first-order chi connectivity index (χ1) is 21.7. The number of benzene rings is 4. The van der Waals surface area contributed by atoms with Crippen molar-refractivity contribution in [3.63, 3.8) is 0 Å². The Bertz CT molecular complexity index is 1690. The molecule has 4 rings (SSSR count). The summed E-state index contributed by atoms with van der Waals surface area (Å²) in [5.41, 5.74) is 1.42. The predicted octanol–water partition coefficient (Wildman–Crippen LogP) is 6.36. The molecule has 4 aromatic carbocycles. The average molecular weight is 669 g/mol. The lowest BCUT2D eigenvalue weighted by Crippen LogP contribution is -2.53. The largest absolute Gasteiger partial charge is 0.495 e. The normalized spacial score (nSPS) is 11.8. The van der Waals surface area contributed by atoms with Crippen molar-refractivity contribution < 1.29 is 22.7 Å². The smallest absolute Gasteiger partial charge is 0.264 e. The van der Waals surface area contributed by atoms with E-state index >= 15 is 0 Å². The summed E-state index contributed by atoms with van der Waals surface area (Å²) in [6.07, 6.45) is 0.856. The minimum Gasteiger partial charge on any atom is -0.495 e. The molecule has 0 bridgehead atoms. The molecule has 0 saturated carbocycles. The molecule has 2 amide bonds. The van der Waals surface area contributed by atoms with Gasteiger partial charge in [0.15, 0.2) is 0 Å². The molecule has 0 aliphatic rings. The number of ether oxygens (including phenoxy) is 1. The summed E-state index contributed by atoms with van der Waals surface area (Å²) in [4.78, 5) is 29.7. The fourth-order valence-corrected chi connectivity index (χ4v) is 6.81. The molecule has 1 atom stereocenters. The highest BCUT2D eigenvalue weighted by atomic mass is 35.5. The molecule has 0 saturated heterocycles. The molecule has 0 radical (unpaired) electrons. The maximum absolute atomic E-state index is 14.6. The van der Waals surface area contributed by atoms with Gasteiger partial charge in [-0.05, 0) is 48.4 Å². The fraction of sp³-hybridized carbons (Fsp3) is 0.235. The number of nitrogens with one attached hydrogen (secondary N) is 1. The van der Waals surface area contributed by atoms with Crippen LogP contribution >= 0.6 is 23.2 Å². The molecule has 0 aromatic heterocycles. The monoisotopic (exact) mass is 667 g/mol. The van der Waals surface area contributed by atoms with Gasteiger partial charge in [0.2, 0.25) is 11.8 Å². The Morgan fingerprint density at radius 1 is 0.844 bits per heavy atom. The van der Waals surface area contributed by atoms with E-state index in [2.05, 4.69) is 5.32 Å². The van der Waals surface area contributed by atoms with Crippen LogP contribution in [0.2, 0.25) is 10.0 Å². The summed E-state index contributed by atoms with van der Waals surface area (Å²) in [5, 5.41) is 3.53.